The number of hydrogen-bond acceptors (Lipinski definition) is 4. The molecule has 0 atom stereocenters. The van der Waals surface area contributed by atoms with Gasteiger partial charge in [-0.3, -0.25) is 9.78 Å². The summed E-state index contributed by atoms with van der Waals surface area (Å²) in [5, 5.41) is 2.88. The zero-order valence-electron chi connectivity index (χ0n) is 9.01. The average Bonchev–Trinajstić information content (AvgIpc) is 2.29. The fourth-order valence-corrected chi connectivity index (χ4v) is 1.34. The van der Waals surface area contributed by atoms with Crippen LogP contribution in [0.15, 0.2) is 30.7 Å². The van der Waals surface area contributed by atoms with E-state index >= 15 is 0 Å². The molecule has 0 radical (unpaired) electrons. The molecule has 0 bridgehead atoms. The molecule has 0 spiro atoms. The first-order chi connectivity index (χ1) is 8.15. The van der Waals surface area contributed by atoms with Crippen LogP contribution in [0, 0.1) is 6.92 Å². The Labute approximate surface area is 103 Å². The van der Waals surface area contributed by atoms with Crippen molar-refractivity contribution in [2.24, 2.45) is 0 Å². The molecule has 2 aromatic heterocycles. The largest absolute Gasteiger partial charge is 0.306 e. The van der Waals surface area contributed by atoms with Gasteiger partial charge in [0.2, 0.25) is 0 Å². The number of carbonyl (C=O) groups excluding carboxylic acids is 1. The van der Waals surface area contributed by atoms with Crippen LogP contribution in [0.4, 0.5) is 5.82 Å². The van der Waals surface area contributed by atoms with Gasteiger partial charge in [0.05, 0.1) is 5.56 Å². The van der Waals surface area contributed by atoms with Crippen LogP contribution in [-0.2, 0) is 0 Å². The van der Waals surface area contributed by atoms with Crippen molar-refractivity contribution in [1.29, 1.82) is 0 Å². The van der Waals surface area contributed by atoms with Gasteiger partial charge in [-0.15, -0.1) is 0 Å². The maximum Gasteiger partial charge on any atom is 0.258 e. The fraction of sp³-hybridized carbons (Fsp3) is 0.0909. The van der Waals surface area contributed by atoms with Gasteiger partial charge in [-0.1, -0.05) is 11.6 Å². The standard InChI is InChI=1S/C11H9ClN4O/c1-7-2-3-8(5-13-7)11(17)16-10-4-9(12)14-6-15-10/h2-6H,1H3,(H,14,15,16,17). The third kappa shape index (κ3) is 2.98. The average molecular weight is 249 g/mol. The summed E-state index contributed by atoms with van der Waals surface area (Å²) >= 11 is 5.68. The molecule has 6 heteroatoms. The zero-order chi connectivity index (χ0) is 12.3. The van der Waals surface area contributed by atoms with Crippen molar-refractivity contribution in [2.75, 3.05) is 5.32 Å². The van der Waals surface area contributed by atoms with Crippen LogP contribution in [0.3, 0.4) is 0 Å². The Morgan fingerprint density at radius 3 is 2.76 bits per heavy atom. The highest BCUT2D eigenvalue weighted by Crippen LogP contribution is 2.10. The number of hydrogen-bond donors (Lipinski definition) is 1. The second-order valence-electron chi connectivity index (χ2n) is 3.37. The minimum absolute atomic E-state index is 0.275. The third-order valence-electron chi connectivity index (χ3n) is 2.05. The quantitative estimate of drug-likeness (QED) is 0.827. The second-order valence-corrected chi connectivity index (χ2v) is 3.76. The summed E-state index contributed by atoms with van der Waals surface area (Å²) in [6, 6.07) is 4.93. The van der Waals surface area contributed by atoms with Crippen molar-refractivity contribution in [1.82, 2.24) is 15.0 Å². The highest BCUT2D eigenvalue weighted by Gasteiger charge is 2.07. The number of aryl methyl sites for hydroxylation is 1. The van der Waals surface area contributed by atoms with Crippen molar-refractivity contribution in [3.05, 3.63) is 47.1 Å². The summed E-state index contributed by atoms with van der Waals surface area (Å²) in [5.41, 5.74) is 1.32. The van der Waals surface area contributed by atoms with Crippen LogP contribution in [0.1, 0.15) is 16.1 Å². The number of rotatable bonds is 2. The second kappa shape index (κ2) is 4.88. The van der Waals surface area contributed by atoms with E-state index in [2.05, 4.69) is 20.3 Å². The van der Waals surface area contributed by atoms with E-state index in [4.69, 9.17) is 11.6 Å². The Morgan fingerprint density at radius 2 is 2.12 bits per heavy atom. The Bertz CT molecular complexity index is 541. The van der Waals surface area contributed by atoms with Gasteiger partial charge in [0.25, 0.3) is 5.91 Å². The van der Waals surface area contributed by atoms with Crippen LogP contribution < -0.4 is 5.32 Å². The Morgan fingerprint density at radius 1 is 1.29 bits per heavy atom. The number of aromatic nitrogens is 3. The SMILES string of the molecule is Cc1ccc(C(=O)Nc2cc(Cl)ncn2)cn1. The molecule has 0 aromatic carbocycles. The predicted octanol–water partition coefficient (Wildman–Crippen LogP) is 2.09. The highest BCUT2D eigenvalue weighted by atomic mass is 35.5. The molecule has 0 aliphatic carbocycles. The molecule has 5 nitrogen and oxygen atoms in total. The first-order valence-corrected chi connectivity index (χ1v) is 5.24. The topological polar surface area (TPSA) is 67.8 Å². The van der Waals surface area contributed by atoms with E-state index < -0.39 is 0 Å². The Balaban J connectivity index is 2.14. The Kier molecular flexibility index (Phi) is 3.30. The van der Waals surface area contributed by atoms with Crippen LogP contribution in [0.2, 0.25) is 5.15 Å². The molecule has 0 saturated heterocycles. The van der Waals surface area contributed by atoms with Gasteiger partial charge in [0, 0.05) is 18.0 Å². The molecule has 2 aromatic rings. The molecule has 0 aliphatic rings. The van der Waals surface area contributed by atoms with E-state index in [0.717, 1.165) is 5.69 Å². The van der Waals surface area contributed by atoms with Crippen molar-refractivity contribution in [3.8, 4) is 0 Å². The van der Waals surface area contributed by atoms with Gasteiger partial charge >= 0.3 is 0 Å². The molecule has 2 rings (SSSR count). The van der Waals surface area contributed by atoms with Gasteiger partial charge < -0.3 is 5.32 Å². The van der Waals surface area contributed by atoms with E-state index in [0.29, 0.717) is 11.4 Å². The molecule has 0 saturated carbocycles. The molecule has 17 heavy (non-hydrogen) atoms. The molecule has 0 unspecified atom stereocenters. The lowest BCUT2D eigenvalue weighted by atomic mass is 10.2. The maximum absolute atomic E-state index is 11.8. The molecule has 0 aliphatic heterocycles. The molecular weight excluding hydrogens is 240 g/mol. The van der Waals surface area contributed by atoms with Gasteiger partial charge in [0.15, 0.2) is 0 Å². The van der Waals surface area contributed by atoms with Crippen LogP contribution in [0.5, 0.6) is 0 Å². The van der Waals surface area contributed by atoms with Gasteiger partial charge in [-0.2, -0.15) is 0 Å². The minimum atomic E-state index is -0.285. The van der Waals surface area contributed by atoms with Gasteiger partial charge in [0.1, 0.15) is 17.3 Å². The number of carbonyl (C=O) groups is 1. The van der Waals surface area contributed by atoms with Crippen molar-refractivity contribution < 1.29 is 4.79 Å². The summed E-state index contributed by atoms with van der Waals surface area (Å²) in [5.74, 6) is 0.0721. The van der Waals surface area contributed by atoms with Crippen molar-refractivity contribution in [2.45, 2.75) is 6.92 Å². The zero-order valence-corrected chi connectivity index (χ0v) is 9.77. The van der Waals surface area contributed by atoms with Crippen LogP contribution in [-0.4, -0.2) is 20.9 Å². The predicted molar refractivity (Wildman–Crippen MR) is 64.0 cm³/mol. The molecule has 2 heterocycles. The monoisotopic (exact) mass is 248 g/mol. The number of anilines is 1. The normalized spacial score (nSPS) is 10.0. The first kappa shape index (κ1) is 11.5. The van der Waals surface area contributed by atoms with E-state index in [1.165, 1.54) is 18.6 Å². The summed E-state index contributed by atoms with van der Waals surface area (Å²) < 4.78 is 0. The smallest absolute Gasteiger partial charge is 0.258 e. The number of nitrogens with one attached hydrogen (secondary N) is 1. The van der Waals surface area contributed by atoms with Gasteiger partial charge in [-0.05, 0) is 19.1 Å². The summed E-state index contributed by atoms with van der Waals surface area (Å²) in [6.45, 7) is 1.85. The summed E-state index contributed by atoms with van der Waals surface area (Å²) in [7, 11) is 0. The number of pyridine rings is 1. The molecule has 1 N–H and O–H groups in total. The maximum atomic E-state index is 11.8. The lowest BCUT2D eigenvalue weighted by Gasteiger charge is -2.03. The summed E-state index contributed by atoms with van der Waals surface area (Å²) in [6.07, 6.45) is 2.79. The van der Waals surface area contributed by atoms with Crippen LogP contribution >= 0.6 is 11.6 Å². The molecular formula is C11H9ClN4O. The third-order valence-corrected chi connectivity index (χ3v) is 2.26. The van der Waals surface area contributed by atoms with Crippen molar-refractivity contribution in [3.63, 3.8) is 0 Å². The Hall–Kier alpha value is -2.01. The molecule has 1 amide bonds. The molecule has 86 valence electrons. The fourth-order valence-electron chi connectivity index (χ4n) is 1.19. The minimum Gasteiger partial charge on any atom is -0.306 e. The first-order valence-electron chi connectivity index (χ1n) is 4.87. The van der Waals surface area contributed by atoms with Gasteiger partial charge in [-0.25, -0.2) is 9.97 Å². The van der Waals surface area contributed by atoms with E-state index in [9.17, 15) is 4.79 Å². The number of amides is 1. The lowest BCUT2D eigenvalue weighted by molar-refractivity contribution is 0.102. The van der Waals surface area contributed by atoms with Crippen molar-refractivity contribution >= 4 is 23.3 Å². The number of nitrogens with zero attached hydrogens (tertiary/aromatic N) is 3. The van der Waals surface area contributed by atoms with E-state index in [1.807, 2.05) is 6.92 Å². The van der Waals surface area contributed by atoms with E-state index in [1.54, 1.807) is 12.1 Å². The lowest BCUT2D eigenvalue weighted by Crippen LogP contribution is -2.13. The summed E-state index contributed by atoms with van der Waals surface area (Å²) in [4.78, 5) is 23.4. The van der Waals surface area contributed by atoms with Crippen LogP contribution in [0.25, 0.3) is 0 Å². The molecule has 0 fully saturated rings. The highest BCUT2D eigenvalue weighted by molar-refractivity contribution is 6.29. The van der Waals surface area contributed by atoms with E-state index in [-0.39, 0.29) is 11.1 Å². The number of halogens is 1.